The number of hydrogen-bond donors (Lipinski definition) is 1. The van der Waals surface area contributed by atoms with Crippen LogP contribution in [0.1, 0.15) is 44.9 Å². The first-order chi connectivity index (χ1) is 14.9. The average Bonchev–Trinajstić information content (AvgIpc) is 2.79. The molecule has 4 rings (SSSR count). The third-order valence-corrected chi connectivity index (χ3v) is 5.77. The Balaban J connectivity index is 1.38. The lowest BCUT2D eigenvalue weighted by atomic mass is 10.0. The number of hydrogen-bond acceptors (Lipinski definition) is 5. The average molecular weight is 418 g/mol. The molecule has 1 N–H and O–H groups in total. The second-order valence-corrected chi connectivity index (χ2v) is 7.87. The van der Waals surface area contributed by atoms with Gasteiger partial charge in [0.05, 0.1) is 29.5 Å². The lowest BCUT2D eigenvalue weighted by Gasteiger charge is -2.32. The zero-order valence-electron chi connectivity index (χ0n) is 18.0. The maximum atomic E-state index is 13.0. The van der Waals surface area contributed by atoms with Crippen molar-refractivity contribution in [2.75, 3.05) is 20.2 Å². The molecule has 31 heavy (non-hydrogen) atoms. The Kier molecular flexibility index (Phi) is 5.84. The molecule has 0 aliphatic carbocycles. The SMILES string of the molecule is COc1cccc(C(=O)NC2CCN(C(=O)c3ccc4nc(C)c(C)nc4c3)CC2)c1. The standard InChI is InChI=1S/C24H26N4O3/c1-15-16(2)26-22-14-18(7-8-21(22)25-15)24(30)28-11-9-19(10-12-28)27-23(29)17-5-4-6-20(13-17)31-3/h4-8,13-14,19H,9-12H2,1-3H3,(H,27,29). The number of nitrogens with zero attached hydrogens (tertiary/aromatic N) is 3. The summed E-state index contributed by atoms with van der Waals surface area (Å²) >= 11 is 0. The molecule has 1 fully saturated rings. The first kappa shape index (κ1) is 20.8. The van der Waals surface area contributed by atoms with Gasteiger partial charge in [-0.15, -0.1) is 0 Å². The predicted octanol–water partition coefficient (Wildman–Crippen LogP) is 3.29. The number of carbonyl (C=O) groups is 2. The second kappa shape index (κ2) is 8.71. The molecule has 2 aromatic carbocycles. The summed E-state index contributed by atoms with van der Waals surface area (Å²) in [5.74, 6) is 0.514. The summed E-state index contributed by atoms with van der Waals surface area (Å²) in [6, 6.07) is 12.6. The van der Waals surface area contributed by atoms with Gasteiger partial charge in [0.1, 0.15) is 5.75 Å². The van der Waals surface area contributed by atoms with Crippen LogP contribution in [0.25, 0.3) is 11.0 Å². The largest absolute Gasteiger partial charge is 0.497 e. The molecule has 7 heteroatoms. The Morgan fingerprint density at radius 1 is 0.968 bits per heavy atom. The van der Waals surface area contributed by atoms with E-state index in [4.69, 9.17) is 4.74 Å². The van der Waals surface area contributed by atoms with E-state index in [1.54, 1.807) is 25.3 Å². The van der Waals surface area contributed by atoms with Gasteiger partial charge >= 0.3 is 0 Å². The lowest BCUT2D eigenvalue weighted by molar-refractivity contribution is 0.0698. The van der Waals surface area contributed by atoms with Crippen molar-refractivity contribution in [2.24, 2.45) is 0 Å². The Morgan fingerprint density at radius 2 is 1.68 bits per heavy atom. The monoisotopic (exact) mass is 418 g/mol. The fourth-order valence-electron chi connectivity index (χ4n) is 3.81. The van der Waals surface area contributed by atoms with Crippen molar-refractivity contribution >= 4 is 22.8 Å². The van der Waals surface area contributed by atoms with Crippen LogP contribution in [0.3, 0.4) is 0 Å². The molecule has 160 valence electrons. The smallest absolute Gasteiger partial charge is 0.253 e. The van der Waals surface area contributed by atoms with Crippen LogP contribution in [0.2, 0.25) is 0 Å². The number of nitrogens with one attached hydrogen (secondary N) is 1. The van der Waals surface area contributed by atoms with E-state index in [1.807, 2.05) is 43.0 Å². The molecule has 2 heterocycles. The van der Waals surface area contributed by atoms with Crippen molar-refractivity contribution in [2.45, 2.75) is 32.7 Å². The summed E-state index contributed by atoms with van der Waals surface area (Å²) in [6.07, 6.45) is 1.43. The Morgan fingerprint density at radius 3 is 2.39 bits per heavy atom. The van der Waals surface area contributed by atoms with Crippen LogP contribution in [-0.2, 0) is 0 Å². The number of amides is 2. The van der Waals surface area contributed by atoms with Gasteiger partial charge in [0.15, 0.2) is 0 Å². The zero-order chi connectivity index (χ0) is 22.0. The molecule has 1 aliphatic heterocycles. The van der Waals surface area contributed by atoms with Crippen LogP contribution >= 0.6 is 0 Å². The maximum absolute atomic E-state index is 13.0. The molecule has 0 spiro atoms. The third-order valence-electron chi connectivity index (χ3n) is 5.77. The van der Waals surface area contributed by atoms with Gasteiger partial charge in [-0.1, -0.05) is 6.07 Å². The number of aromatic nitrogens is 2. The van der Waals surface area contributed by atoms with Crippen molar-refractivity contribution in [1.29, 1.82) is 0 Å². The lowest BCUT2D eigenvalue weighted by Crippen LogP contribution is -2.46. The minimum absolute atomic E-state index is 0.0144. The number of piperidine rings is 1. The molecular formula is C24H26N4O3. The van der Waals surface area contributed by atoms with E-state index in [1.165, 1.54) is 0 Å². The molecule has 1 aromatic heterocycles. The van der Waals surface area contributed by atoms with Crippen molar-refractivity contribution in [3.63, 3.8) is 0 Å². The summed E-state index contributed by atoms with van der Waals surface area (Å²) in [7, 11) is 1.58. The molecule has 1 saturated heterocycles. The minimum atomic E-state index is -0.123. The van der Waals surface area contributed by atoms with Gasteiger partial charge in [0, 0.05) is 30.3 Å². The molecule has 7 nitrogen and oxygen atoms in total. The molecule has 0 radical (unpaired) electrons. The van der Waals surface area contributed by atoms with E-state index in [0.717, 1.165) is 22.4 Å². The number of carbonyl (C=O) groups excluding carboxylic acids is 2. The first-order valence-electron chi connectivity index (χ1n) is 10.4. The van der Waals surface area contributed by atoms with Gasteiger partial charge < -0.3 is 15.0 Å². The summed E-state index contributed by atoms with van der Waals surface area (Å²) in [4.78, 5) is 36.4. The van der Waals surface area contributed by atoms with Gasteiger partial charge in [-0.25, -0.2) is 9.97 Å². The van der Waals surface area contributed by atoms with E-state index < -0.39 is 0 Å². The van der Waals surface area contributed by atoms with Crippen LogP contribution in [-0.4, -0.2) is 52.9 Å². The van der Waals surface area contributed by atoms with Crippen molar-refractivity contribution in [1.82, 2.24) is 20.2 Å². The van der Waals surface area contributed by atoms with Crippen LogP contribution in [0.4, 0.5) is 0 Å². The minimum Gasteiger partial charge on any atom is -0.497 e. The van der Waals surface area contributed by atoms with Crippen LogP contribution in [0.5, 0.6) is 5.75 Å². The predicted molar refractivity (Wildman–Crippen MR) is 118 cm³/mol. The van der Waals surface area contributed by atoms with E-state index in [2.05, 4.69) is 15.3 Å². The van der Waals surface area contributed by atoms with E-state index in [9.17, 15) is 9.59 Å². The quantitative estimate of drug-likeness (QED) is 0.703. The summed E-state index contributed by atoms with van der Waals surface area (Å²) in [6.45, 7) is 5.04. The topological polar surface area (TPSA) is 84.4 Å². The van der Waals surface area contributed by atoms with E-state index in [-0.39, 0.29) is 17.9 Å². The Bertz CT molecular complexity index is 1140. The maximum Gasteiger partial charge on any atom is 0.253 e. The molecular weight excluding hydrogens is 392 g/mol. The number of aryl methyl sites for hydroxylation is 2. The van der Waals surface area contributed by atoms with Crippen LogP contribution in [0, 0.1) is 13.8 Å². The normalized spacial score (nSPS) is 14.5. The van der Waals surface area contributed by atoms with Gasteiger partial charge in [0.2, 0.25) is 0 Å². The highest BCUT2D eigenvalue weighted by Gasteiger charge is 2.25. The van der Waals surface area contributed by atoms with Gasteiger partial charge in [0.25, 0.3) is 11.8 Å². The number of ether oxygens (including phenoxy) is 1. The molecule has 1 aliphatic rings. The van der Waals surface area contributed by atoms with E-state index in [0.29, 0.717) is 42.8 Å². The Hall–Kier alpha value is -3.48. The molecule has 0 bridgehead atoms. The van der Waals surface area contributed by atoms with Gasteiger partial charge in [-0.2, -0.15) is 0 Å². The molecule has 3 aromatic rings. The third kappa shape index (κ3) is 4.50. The Labute approximate surface area is 181 Å². The van der Waals surface area contributed by atoms with Gasteiger partial charge in [-0.3, -0.25) is 9.59 Å². The summed E-state index contributed by atoms with van der Waals surface area (Å²) < 4.78 is 5.18. The van der Waals surface area contributed by atoms with Crippen molar-refractivity contribution in [3.05, 3.63) is 65.0 Å². The zero-order valence-corrected chi connectivity index (χ0v) is 18.0. The summed E-state index contributed by atoms with van der Waals surface area (Å²) in [5, 5.41) is 3.07. The first-order valence-corrected chi connectivity index (χ1v) is 10.4. The number of fused-ring (bicyclic) bond motifs is 1. The van der Waals surface area contributed by atoms with Crippen molar-refractivity contribution < 1.29 is 14.3 Å². The van der Waals surface area contributed by atoms with Crippen molar-refractivity contribution in [3.8, 4) is 5.75 Å². The highest BCUT2D eigenvalue weighted by atomic mass is 16.5. The number of rotatable bonds is 4. The van der Waals surface area contributed by atoms with Gasteiger partial charge in [-0.05, 0) is 63.1 Å². The summed E-state index contributed by atoms with van der Waals surface area (Å²) in [5.41, 5.74) is 4.46. The highest BCUT2D eigenvalue weighted by Crippen LogP contribution is 2.19. The molecule has 0 atom stereocenters. The van der Waals surface area contributed by atoms with Crippen LogP contribution in [0.15, 0.2) is 42.5 Å². The molecule has 0 unspecified atom stereocenters. The number of methoxy groups -OCH3 is 1. The number of benzene rings is 2. The van der Waals surface area contributed by atoms with E-state index >= 15 is 0 Å². The molecule has 0 saturated carbocycles. The molecule has 2 amide bonds. The number of likely N-dealkylation sites (tertiary alicyclic amines) is 1. The fourth-order valence-corrected chi connectivity index (χ4v) is 3.81. The second-order valence-electron chi connectivity index (χ2n) is 7.87. The van der Waals surface area contributed by atoms with Crippen LogP contribution < -0.4 is 10.1 Å². The highest BCUT2D eigenvalue weighted by molar-refractivity contribution is 5.97. The fraction of sp³-hybridized carbons (Fsp3) is 0.333.